The first-order valence-electron chi connectivity index (χ1n) is 28.9. The molecule has 12 atom stereocenters. The zero-order valence-corrected chi connectivity index (χ0v) is 44.9. The van der Waals surface area contributed by atoms with E-state index in [9.17, 15) is 45.6 Å². The van der Waals surface area contributed by atoms with Crippen molar-refractivity contribution >= 4 is 5.91 Å². The fourth-order valence-corrected chi connectivity index (χ4v) is 9.40. The fourth-order valence-electron chi connectivity index (χ4n) is 9.40. The number of nitrogens with one attached hydrogen (secondary N) is 1. The van der Waals surface area contributed by atoms with Gasteiger partial charge >= 0.3 is 0 Å². The maximum Gasteiger partial charge on any atom is 0.220 e. The normalized spacial score (nSPS) is 25.9. The lowest BCUT2D eigenvalue weighted by Crippen LogP contribution is -2.65. The lowest BCUT2D eigenvalue weighted by Gasteiger charge is -2.46. The van der Waals surface area contributed by atoms with E-state index >= 15 is 0 Å². The maximum absolute atomic E-state index is 13.3. The van der Waals surface area contributed by atoms with Gasteiger partial charge in [-0.25, -0.2) is 0 Å². The Morgan fingerprint density at radius 1 is 0.514 bits per heavy atom. The second-order valence-electron chi connectivity index (χ2n) is 20.4. The summed E-state index contributed by atoms with van der Waals surface area (Å²) in [5.41, 5.74) is 0. The number of hydrogen-bond donors (Lipinski definition) is 9. The van der Waals surface area contributed by atoms with E-state index in [1.165, 1.54) is 109 Å². The highest BCUT2D eigenvalue weighted by atomic mass is 16.7. The molecule has 420 valence electrons. The van der Waals surface area contributed by atoms with E-state index in [0.717, 1.165) is 83.5 Å². The van der Waals surface area contributed by atoms with Crippen molar-refractivity contribution in [3.8, 4) is 0 Å². The van der Waals surface area contributed by atoms with Gasteiger partial charge in [0, 0.05) is 6.42 Å². The van der Waals surface area contributed by atoms with Crippen LogP contribution in [0.15, 0.2) is 48.6 Å². The van der Waals surface area contributed by atoms with E-state index in [2.05, 4.69) is 67.8 Å². The van der Waals surface area contributed by atoms with Crippen LogP contribution in [0, 0.1) is 0 Å². The summed E-state index contributed by atoms with van der Waals surface area (Å²) in [6, 6.07) is -0.832. The third-order valence-electron chi connectivity index (χ3n) is 14.1. The van der Waals surface area contributed by atoms with Crippen LogP contribution in [-0.4, -0.2) is 140 Å². The van der Waals surface area contributed by atoms with Gasteiger partial charge in [0.05, 0.1) is 32.0 Å². The number of ether oxygens (including phenoxy) is 4. The Morgan fingerprint density at radius 3 is 1.47 bits per heavy atom. The van der Waals surface area contributed by atoms with Crippen LogP contribution in [0.4, 0.5) is 0 Å². The molecule has 14 nitrogen and oxygen atoms in total. The molecular formula is C58H105NO13. The molecule has 9 N–H and O–H groups in total. The summed E-state index contributed by atoms with van der Waals surface area (Å²) >= 11 is 0. The fraction of sp³-hybridized carbons (Fsp3) is 0.845. The number of carbonyl (C=O) groups is 1. The summed E-state index contributed by atoms with van der Waals surface area (Å²) < 4.78 is 22.8. The van der Waals surface area contributed by atoms with Gasteiger partial charge in [0.15, 0.2) is 12.6 Å². The van der Waals surface area contributed by atoms with E-state index in [4.69, 9.17) is 18.9 Å². The lowest BCUT2D eigenvalue weighted by atomic mass is 9.97. The first kappa shape index (κ1) is 66.1. The van der Waals surface area contributed by atoms with Crippen LogP contribution in [0.1, 0.15) is 219 Å². The molecule has 0 radical (unpaired) electrons. The van der Waals surface area contributed by atoms with Crippen molar-refractivity contribution in [3.63, 3.8) is 0 Å². The number of aliphatic hydroxyl groups excluding tert-OH is 8. The summed E-state index contributed by atoms with van der Waals surface area (Å²) in [7, 11) is 0. The largest absolute Gasteiger partial charge is 0.394 e. The molecule has 2 heterocycles. The Bertz CT molecular complexity index is 1390. The van der Waals surface area contributed by atoms with Gasteiger partial charge < -0.3 is 65.1 Å². The Labute approximate surface area is 435 Å². The molecule has 2 saturated heterocycles. The topological polar surface area (TPSA) is 228 Å². The molecule has 2 rings (SSSR count). The standard InChI is InChI=1S/C58H105NO13/c1-3-5-7-9-11-13-15-17-19-20-21-22-23-24-25-26-28-30-32-34-36-38-40-42-50(63)59-46(47(62)41-39-37-35-33-31-29-27-18-16-14-12-10-8-6-4-2)45-69-57-55(68)53(66)56(49(44-61)71-57)72-58-54(67)52(65)51(64)48(43-60)70-58/h5,7,11,13,17,19,21-22,46-49,51-58,60-62,64-68H,3-4,6,8-10,12,14-16,18,20,23-45H2,1-2H3,(H,59,63)/b7-5-,13-11-,19-17-,22-21-. The van der Waals surface area contributed by atoms with Crippen molar-refractivity contribution in [2.75, 3.05) is 19.8 Å². The summed E-state index contributed by atoms with van der Waals surface area (Å²) in [5.74, 6) is -0.212. The van der Waals surface area contributed by atoms with E-state index in [0.29, 0.717) is 12.8 Å². The molecule has 0 aromatic heterocycles. The van der Waals surface area contributed by atoms with Gasteiger partial charge in [-0.05, 0) is 51.4 Å². The predicted molar refractivity (Wildman–Crippen MR) is 286 cm³/mol. The summed E-state index contributed by atoms with van der Waals surface area (Å²) in [5, 5.41) is 87.2. The average Bonchev–Trinajstić information content (AvgIpc) is 3.38. The third-order valence-corrected chi connectivity index (χ3v) is 14.1. The van der Waals surface area contributed by atoms with E-state index in [1.807, 2.05) is 0 Å². The number of amides is 1. The monoisotopic (exact) mass is 1020 g/mol. The second kappa shape index (κ2) is 44.1. The third kappa shape index (κ3) is 29.9. The molecule has 72 heavy (non-hydrogen) atoms. The van der Waals surface area contributed by atoms with Gasteiger partial charge in [-0.1, -0.05) is 210 Å². The number of rotatable bonds is 45. The Balaban J connectivity index is 1.75. The number of carbonyl (C=O) groups excluding carboxylic acids is 1. The van der Waals surface area contributed by atoms with Gasteiger partial charge in [0.1, 0.15) is 48.8 Å². The molecule has 2 aliphatic rings. The van der Waals surface area contributed by atoms with E-state index < -0.39 is 86.8 Å². The molecule has 0 bridgehead atoms. The van der Waals surface area contributed by atoms with Crippen molar-refractivity contribution in [2.45, 2.75) is 293 Å². The molecule has 2 aliphatic heterocycles. The zero-order chi connectivity index (χ0) is 52.4. The highest BCUT2D eigenvalue weighted by Gasteiger charge is 2.51. The van der Waals surface area contributed by atoms with Crippen LogP contribution >= 0.6 is 0 Å². The smallest absolute Gasteiger partial charge is 0.220 e. The van der Waals surface area contributed by atoms with Crippen LogP contribution in [0.2, 0.25) is 0 Å². The van der Waals surface area contributed by atoms with Crippen LogP contribution in [0.25, 0.3) is 0 Å². The average molecular weight is 1020 g/mol. The first-order chi connectivity index (χ1) is 35.1. The van der Waals surface area contributed by atoms with Crippen molar-refractivity contribution < 1.29 is 64.6 Å². The van der Waals surface area contributed by atoms with Gasteiger partial charge in [-0.2, -0.15) is 0 Å². The van der Waals surface area contributed by atoms with Crippen molar-refractivity contribution in [1.82, 2.24) is 5.32 Å². The SMILES string of the molecule is CC/C=C\C/C=C\C/C=C\C/C=C\CCCCCCCCCCCCC(=O)NC(COC1OC(CO)C(OC2OC(CO)C(O)C(O)C2O)C(O)C1O)C(O)CCCCCCCCCCCCCCCCC. The molecule has 12 unspecified atom stereocenters. The predicted octanol–water partition coefficient (Wildman–Crippen LogP) is 9.22. The lowest BCUT2D eigenvalue weighted by molar-refractivity contribution is -0.359. The molecule has 0 aromatic carbocycles. The van der Waals surface area contributed by atoms with Crippen molar-refractivity contribution in [3.05, 3.63) is 48.6 Å². The highest BCUT2D eigenvalue weighted by Crippen LogP contribution is 2.30. The summed E-state index contributed by atoms with van der Waals surface area (Å²) in [4.78, 5) is 13.3. The van der Waals surface area contributed by atoms with Crippen LogP contribution in [0.5, 0.6) is 0 Å². The van der Waals surface area contributed by atoms with Crippen molar-refractivity contribution in [1.29, 1.82) is 0 Å². The maximum atomic E-state index is 13.3. The highest BCUT2D eigenvalue weighted by molar-refractivity contribution is 5.76. The summed E-state index contributed by atoms with van der Waals surface area (Å²) in [6.07, 6.45) is 36.7. The Morgan fingerprint density at radius 2 is 0.958 bits per heavy atom. The molecule has 0 aromatic rings. The van der Waals surface area contributed by atoms with Gasteiger partial charge in [0.25, 0.3) is 0 Å². The van der Waals surface area contributed by atoms with Crippen molar-refractivity contribution in [2.24, 2.45) is 0 Å². The van der Waals surface area contributed by atoms with Crippen LogP contribution in [-0.2, 0) is 23.7 Å². The zero-order valence-electron chi connectivity index (χ0n) is 44.9. The molecule has 0 spiro atoms. The minimum atomic E-state index is -1.78. The number of hydrogen-bond acceptors (Lipinski definition) is 13. The number of unbranched alkanes of at least 4 members (excludes halogenated alkanes) is 24. The van der Waals surface area contributed by atoms with Gasteiger partial charge in [-0.15, -0.1) is 0 Å². The summed E-state index contributed by atoms with van der Waals surface area (Å²) in [6.45, 7) is 2.75. The molecule has 2 fully saturated rings. The minimum absolute atomic E-state index is 0.212. The molecule has 0 saturated carbocycles. The van der Waals surface area contributed by atoms with Crippen LogP contribution < -0.4 is 5.32 Å². The molecule has 14 heteroatoms. The van der Waals surface area contributed by atoms with E-state index in [1.54, 1.807) is 0 Å². The minimum Gasteiger partial charge on any atom is -0.394 e. The van der Waals surface area contributed by atoms with E-state index in [-0.39, 0.29) is 12.5 Å². The Kier molecular flexibility index (Phi) is 40.5. The van der Waals surface area contributed by atoms with Gasteiger partial charge in [0.2, 0.25) is 5.91 Å². The van der Waals surface area contributed by atoms with Crippen LogP contribution in [0.3, 0.4) is 0 Å². The molecule has 1 amide bonds. The second-order valence-corrected chi connectivity index (χ2v) is 20.4. The molecule has 0 aliphatic carbocycles. The van der Waals surface area contributed by atoms with Gasteiger partial charge in [-0.3, -0.25) is 4.79 Å². The number of allylic oxidation sites excluding steroid dienone is 8. The number of aliphatic hydroxyl groups is 8. The molecular weight excluding hydrogens is 919 g/mol. The Hall–Kier alpha value is -2.05. The quantitative estimate of drug-likeness (QED) is 0.0205. The first-order valence-corrected chi connectivity index (χ1v) is 28.9.